The lowest BCUT2D eigenvalue weighted by Gasteiger charge is -2.26. The Morgan fingerprint density at radius 2 is 1.74 bits per heavy atom. The van der Waals surface area contributed by atoms with Gasteiger partial charge in [-0.25, -0.2) is 0 Å². The molecule has 140 valence electrons. The zero-order valence-corrected chi connectivity index (χ0v) is 15.6. The van der Waals surface area contributed by atoms with Crippen LogP contribution in [0.2, 0.25) is 0 Å². The Morgan fingerprint density at radius 1 is 1.07 bits per heavy atom. The van der Waals surface area contributed by atoms with Crippen LogP contribution in [0.25, 0.3) is 0 Å². The minimum atomic E-state index is -0.554. The maximum atomic E-state index is 12.9. The number of amides is 1. The number of allylic oxidation sites excluding steroid dienone is 1. The molecule has 1 saturated heterocycles. The summed E-state index contributed by atoms with van der Waals surface area (Å²) in [6.07, 6.45) is 2.04. The molecule has 1 aliphatic heterocycles. The molecule has 0 aliphatic carbocycles. The third kappa shape index (κ3) is 3.72. The SMILES string of the molecule is CCCCN/C(C)=C1/C(=O)C(=O)N(c2ccc(O)cc2)C1c1ccccc1. The van der Waals surface area contributed by atoms with E-state index < -0.39 is 17.7 Å². The number of carbonyl (C=O) groups is 2. The second-order valence-corrected chi connectivity index (χ2v) is 6.65. The van der Waals surface area contributed by atoms with Crippen LogP contribution in [0.3, 0.4) is 0 Å². The number of nitrogens with zero attached hydrogens (tertiary/aromatic N) is 1. The van der Waals surface area contributed by atoms with E-state index in [1.165, 1.54) is 17.0 Å². The van der Waals surface area contributed by atoms with Crippen molar-refractivity contribution in [2.24, 2.45) is 0 Å². The zero-order chi connectivity index (χ0) is 19.4. The third-order valence-corrected chi connectivity index (χ3v) is 4.76. The van der Waals surface area contributed by atoms with Gasteiger partial charge in [-0.15, -0.1) is 0 Å². The number of phenolic OH excluding ortho intramolecular Hbond substituents is 1. The van der Waals surface area contributed by atoms with E-state index in [0.29, 0.717) is 11.3 Å². The third-order valence-electron chi connectivity index (χ3n) is 4.76. The lowest BCUT2D eigenvalue weighted by Crippen LogP contribution is -2.29. The predicted octanol–water partition coefficient (Wildman–Crippen LogP) is 3.71. The van der Waals surface area contributed by atoms with Gasteiger partial charge < -0.3 is 10.4 Å². The summed E-state index contributed by atoms with van der Waals surface area (Å²) in [7, 11) is 0. The molecule has 5 nitrogen and oxygen atoms in total. The van der Waals surface area contributed by atoms with Gasteiger partial charge in [-0.3, -0.25) is 14.5 Å². The second-order valence-electron chi connectivity index (χ2n) is 6.65. The number of Topliss-reactive ketones (excluding diaryl/α,β-unsaturated/α-hetero) is 1. The molecule has 2 aromatic rings. The largest absolute Gasteiger partial charge is 0.508 e. The Kier molecular flexibility index (Phi) is 5.60. The normalized spacial score (nSPS) is 18.7. The summed E-state index contributed by atoms with van der Waals surface area (Å²) in [5, 5.41) is 12.9. The van der Waals surface area contributed by atoms with E-state index in [0.717, 1.165) is 30.6 Å². The summed E-state index contributed by atoms with van der Waals surface area (Å²) in [6, 6.07) is 15.4. The van der Waals surface area contributed by atoms with Crippen molar-refractivity contribution in [3.05, 3.63) is 71.4 Å². The smallest absolute Gasteiger partial charge is 0.300 e. The highest BCUT2D eigenvalue weighted by Gasteiger charge is 2.45. The number of nitrogens with one attached hydrogen (secondary N) is 1. The van der Waals surface area contributed by atoms with Gasteiger partial charge >= 0.3 is 0 Å². The zero-order valence-electron chi connectivity index (χ0n) is 15.6. The molecule has 0 saturated carbocycles. The first-order chi connectivity index (χ1) is 13.0. The number of rotatable bonds is 6. The molecule has 5 heteroatoms. The highest BCUT2D eigenvalue weighted by Crippen LogP contribution is 2.40. The van der Waals surface area contributed by atoms with Crippen LogP contribution in [0.5, 0.6) is 5.75 Å². The van der Waals surface area contributed by atoms with Gasteiger partial charge in [0.05, 0.1) is 11.6 Å². The van der Waals surface area contributed by atoms with E-state index in [4.69, 9.17) is 0 Å². The first-order valence-electron chi connectivity index (χ1n) is 9.21. The maximum Gasteiger partial charge on any atom is 0.300 e. The molecule has 1 fully saturated rings. The highest BCUT2D eigenvalue weighted by atomic mass is 16.3. The van der Waals surface area contributed by atoms with Crippen molar-refractivity contribution in [2.75, 3.05) is 11.4 Å². The molecule has 1 aliphatic rings. The average Bonchev–Trinajstić information content (AvgIpc) is 2.95. The van der Waals surface area contributed by atoms with Gasteiger partial charge in [0, 0.05) is 17.9 Å². The van der Waals surface area contributed by atoms with Crippen LogP contribution in [-0.4, -0.2) is 23.3 Å². The van der Waals surface area contributed by atoms with Crippen molar-refractivity contribution >= 4 is 17.4 Å². The summed E-state index contributed by atoms with van der Waals surface area (Å²) < 4.78 is 0. The Hall–Kier alpha value is -3.08. The molecule has 0 spiro atoms. The molecule has 27 heavy (non-hydrogen) atoms. The lowest BCUT2D eigenvalue weighted by molar-refractivity contribution is -0.132. The van der Waals surface area contributed by atoms with Crippen molar-refractivity contribution in [1.82, 2.24) is 5.32 Å². The van der Waals surface area contributed by atoms with E-state index >= 15 is 0 Å². The number of carbonyl (C=O) groups excluding carboxylic acids is 2. The molecule has 0 aromatic heterocycles. The predicted molar refractivity (Wildman–Crippen MR) is 105 cm³/mol. The van der Waals surface area contributed by atoms with Crippen molar-refractivity contribution in [3.63, 3.8) is 0 Å². The van der Waals surface area contributed by atoms with Gasteiger partial charge in [0.15, 0.2) is 0 Å². The van der Waals surface area contributed by atoms with Gasteiger partial charge in [-0.1, -0.05) is 43.7 Å². The molecule has 1 unspecified atom stereocenters. The Bertz CT molecular complexity index is 857. The van der Waals surface area contributed by atoms with Gasteiger partial charge in [0.2, 0.25) is 0 Å². The van der Waals surface area contributed by atoms with E-state index in [9.17, 15) is 14.7 Å². The minimum Gasteiger partial charge on any atom is -0.508 e. The van der Waals surface area contributed by atoms with E-state index in [2.05, 4.69) is 12.2 Å². The second kappa shape index (κ2) is 8.08. The first kappa shape index (κ1) is 18.7. The Morgan fingerprint density at radius 3 is 2.37 bits per heavy atom. The van der Waals surface area contributed by atoms with Crippen LogP contribution in [0.1, 0.15) is 38.3 Å². The summed E-state index contributed by atoms with van der Waals surface area (Å²) in [5.74, 6) is -0.930. The number of phenols is 1. The van der Waals surface area contributed by atoms with Crippen molar-refractivity contribution < 1.29 is 14.7 Å². The first-order valence-corrected chi connectivity index (χ1v) is 9.21. The standard InChI is InChI=1S/C22H24N2O3/c1-3-4-14-23-15(2)19-20(16-8-6-5-7-9-16)24(22(27)21(19)26)17-10-12-18(25)13-11-17/h5-13,20,23,25H,3-4,14H2,1-2H3/b19-15+. The number of aromatic hydroxyl groups is 1. The van der Waals surface area contributed by atoms with Crippen molar-refractivity contribution in [3.8, 4) is 5.75 Å². The Labute approximate surface area is 159 Å². The van der Waals surface area contributed by atoms with Crippen LogP contribution in [0.15, 0.2) is 65.9 Å². The Balaban J connectivity index is 2.10. The number of anilines is 1. The monoisotopic (exact) mass is 364 g/mol. The summed E-state index contributed by atoms with van der Waals surface area (Å²) in [6.45, 7) is 4.72. The molecule has 0 radical (unpaired) electrons. The summed E-state index contributed by atoms with van der Waals surface area (Å²) in [4.78, 5) is 27.3. The van der Waals surface area contributed by atoms with Crippen LogP contribution < -0.4 is 10.2 Å². The molecule has 0 bridgehead atoms. The molecule has 1 atom stereocenters. The van der Waals surface area contributed by atoms with Crippen LogP contribution >= 0.6 is 0 Å². The molecule has 2 aromatic carbocycles. The fraction of sp³-hybridized carbons (Fsp3) is 0.273. The maximum absolute atomic E-state index is 12.9. The minimum absolute atomic E-state index is 0.112. The number of ketones is 1. The fourth-order valence-electron chi connectivity index (χ4n) is 3.35. The quantitative estimate of drug-likeness (QED) is 0.466. The molecule has 1 amide bonds. The lowest BCUT2D eigenvalue weighted by atomic mass is 9.97. The van der Waals surface area contributed by atoms with Gasteiger partial charge in [-0.2, -0.15) is 0 Å². The highest BCUT2D eigenvalue weighted by molar-refractivity contribution is 6.50. The van der Waals surface area contributed by atoms with Crippen LogP contribution in [0.4, 0.5) is 5.69 Å². The van der Waals surface area contributed by atoms with Crippen molar-refractivity contribution in [2.45, 2.75) is 32.7 Å². The van der Waals surface area contributed by atoms with E-state index in [1.807, 2.05) is 37.3 Å². The van der Waals surface area contributed by atoms with Gasteiger partial charge in [0.25, 0.3) is 11.7 Å². The summed E-state index contributed by atoms with van der Waals surface area (Å²) in [5.41, 5.74) is 2.67. The molecular weight excluding hydrogens is 340 g/mol. The van der Waals surface area contributed by atoms with Crippen LogP contribution in [-0.2, 0) is 9.59 Å². The number of benzene rings is 2. The average molecular weight is 364 g/mol. The van der Waals surface area contributed by atoms with Gasteiger partial charge in [0.1, 0.15) is 5.75 Å². The molecule has 2 N–H and O–H groups in total. The van der Waals surface area contributed by atoms with Crippen LogP contribution in [0, 0.1) is 0 Å². The molecule has 1 heterocycles. The van der Waals surface area contributed by atoms with E-state index in [-0.39, 0.29) is 5.75 Å². The van der Waals surface area contributed by atoms with Gasteiger partial charge in [-0.05, 0) is 43.2 Å². The number of hydrogen-bond acceptors (Lipinski definition) is 4. The number of hydrogen-bond donors (Lipinski definition) is 2. The fourth-order valence-corrected chi connectivity index (χ4v) is 3.35. The number of unbranched alkanes of at least 4 members (excludes halogenated alkanes) is 1. The molecule has 3 rings (SSSR count). The molecular formula is C22H24N2O3. The summed E-state index contributed by atoms with van der Waals surface area (Å²) >= 11 is 0. The van der Waals surface area contributed by atoms with Crippen molar-refractivity contribution in [1.29, 1.82) is 0 Å². The topological polar surface area (TPSA) is 69.6 Å². The van der Waals surface area contributed by atoms with E-state index in [1.54, 1.807) is 12.1 Å².